The molecule has 0 aromatic heterocycles. The molecule has 3 amide bonds. The van der Waals surface area contributed by atoms with Gasteiger partial charge in [-0.3, -0.25) is 20.2 Å². The number of carbonyl (C=O) groups excluding carboxylic acids is 2. The summed E-state index contributed by atoms with van der Waals surface area (Å²) in [6, 6.07) is 10.8. The lowest BCUT2D eigenvalue weighted by atomic mass is 10.2. The van der Waals surface area contributed by atoms with Crippen molar-refractivity contribution in [2.75, 3.05) is 0 Å². The second-order valence-electron chi connectivity index (χ2n) is 5.37. The Morgan fingerprint density at radius 2 is 1.85 bits per heavy atom. The number of carbonyl (C=O) groups is 2. The van der Waals surface area contributed by atoms with Crippen molar-refractivity contribution in [1.82, 2.24) is 10.6 Å². The second-order valence-corrected chi connectivity index (χ2v) is 6.22. The first-order valence-electron chi connectivity index (χ1n) is 7.42. The Morgan fingerprint density at radius 3 is 2.42 bits per heavy atom. The lowest BCUT2D eigenvalue weighted by molar-refractivity contribution is -0.384. The van der Waals surface area contributed by atoms with Crippen molar-refractivity contribution in [3.63, 3.8) is 0 Å². The number of benzene rings is 2. The van der Waals surface area contributed by atoms with Crippen molar-refractivity contribution < 1.29 is 19.2 Å². The average Bonchev–Trinajstić information content (AvgIpc) is 2.91. The highest BCUT2D eigenvalue weighted by molar-refractivity contribution is 9.10. The number of hydrogen-bond acceptors (Lipinski definition) is 5. The normalized spacial score (nSPS) is 14.9. The van der Waals surface area contributed by atoms with Crippen LogP contribution >= 0.6 is 15.9 Å². The number of imide groups is 1. The van der Waals surface area contributed by atoms with Gasteiger partial charge in [0.15, 0.2) is 0 Å². The number of rotatable bonds is 5. The van der Waals surface area contributed by atoms with Crippen molar-refractivity contribution in [2.24, 2.45) is 0 Å². The Morgan fingerprint density at radius 1 is 1.12 bits per heavy atom. The molecule has 0 radical (unpaired) electrons. The van der Waals surface area contributed by atoms with Gasteiger partial charge in [0.05, 0.1) is 9.40 Å². The zero-order valence-corrected chi connectivity index (χ0v) is 14.8. The summed E-state index contributed by atoms with van der Waals surface area (Å²) in [5.41, 5.74) is 1.68. The number of nitrogens with one attached hydrogen (secondary N) is 2. The van der Waals surface area contributed by atoms with Gasteiger partial charge < -0.3 is 10.1 Å². The molecule has 132 valence electrons. The molecule has 1 heterocycles. The molecule has 0 unspecified atom stereocenters. The van der Waals surface area contributed by atoms with E-state index in [2.05, 4.69) is 26.6 Å². The van der Waals surface area contributed by atoms with Gasteiger partial charge >= 0.3 is 6.03 Å². The third kappa shape index (κ3) is 4.06. The number of ether oxygens (including phenoxy) is 1. The molecule has 0 saturated carbocycles. The Bertz CT molecular complexity index is 924. The van der Waals surface area contributed by atoms with Crippen LogP contribution in [0.4, 0.5) is 10.5 Å². The molecule has 2 aromatic carbocycles. The highest BCUT2D eigenvalue weighted by atomic mass is 79.9. The van der Waals surface area contributed by atoms with E-state index in [1.807, 2.05) is 0 Å². The first-order chi connectivity index (χ1) is 12.4. The summed E-state index contributed by atoms with van der Waals surface area (Å²) in [6.07, 6.45) is 1.55. The maximum Gasteiger partial charge on any atom is 0.326 e. The van der Waals surface area contributed by atoms with E-state index in [0.29, 0.717) is 15.8 Å². The van der Waals surface area contributed by atoms with Crippen LogP contribution in [0.25, 0.3) is 6.08 Å². The van der Waals surface area contributed by atoms with Crippen LogP contribution in [-0.2, 0) is 11.4 Å². The maximum absolute atomic E-state index is 11.5. The fourth-order valence-electron chi connectivity index (χ4n) is 2.25. The van der Waals surface area contributed by atoms with Gasteiger partial charge in [0, 0.05) is 12.1 Å². The molecule has 1 fully saturated rings. The van der Waals surface area contributed by atoms with E-state index in [-0.39, 0.29) is 18.0 Å². The summed E-state index contributed by atoms with van der Waals surface area (Å²) in [5, 5.41) is 15.2. The molecule has 0 bridgehead atoms. The number of urea groups is 1. The molecule has 1 saturated heterocycles. The average molecular weight is 418 g/mol. The standard InChI is InChI=1S/C17H12BrN3O5/c18-13-7-11(8-14-16(22)20-17(23)19-14)3-6-15(13)26-9-10-1-4-12(5-2-10)21(24)25/h1-8H,9H2,(H2,19,20,22,23)/b14-8+. The van der Waals surface area contributed by atoms with Crippen molar-refractivity contribution in [2.45, 2.75) is 6.61 Å². The van der Waals surface area contributed by atoms with Gasteiger partial charge in [0.25, 0.3) is 11.6 Å². The summed E-state index contributed by atoms with van der Waals surface area (Å²) in [7, 11) is 0. The zero-order valence-electron chi connectivity index (χ0n) is 13.2. The van der Waals surface area contributed by atoms with Gasteiger partial charge in [0.2, 0.25) is 0 Å². The topological polar surface area (TPSA) is 111 Å². The minimum absolute atomic E-state index is 0.0235. The lowest BCUT2D eigenvalue weighted by Gasteiger charge is -2.09. The quantitative estimate of drug-likeness (QED) is 0.336. The van der Waals surface area contributed by atoms with Gasteiger partial charge in [0.1, 0.15) is 18.1 Å². The molecule has 3 rings (SSSR count). The van der Waals surface area contributed by atoms with Crippen LogP contribution in [0.1, 0.15) is 11.1 Å². The molecule has 2 N–H and O–H groups in total. The van der Waals surface area contributed by atoms with Crippen molar-refractivity contribution in [3.05, 3.63) is 73.9 Å². The molecule has 9 heteroatoms. The van der Waals surface area contributed by atoms with Crippen LogP contribution < -0.4 is 15.4 Å². The third-order valence-corrected chi connectivity index (χ3v) is 4.15. The summed E-state index contributed by atoms with van der Waals surface area (Å²) < 4.78 is 6.37. The molecule has 1 aliphatic heterocycles. The minimum atomic E-state index is -0.552. The fraction of sp³-hybridized carbons (Fsp3) is 0.0588. The molecular formula is C17H12BrN3O5. The molecular weight excluding hydrogens is 406 g/mol. The number of hydrogen-bond donors (Lipinski definition) is 2. The summed E-state index contributed by atoms with van der Waals surface area (Å²) in [6.45, 7) is 0.246. The van der Waals surface area contributed by atoms with E-state index in [1.54, 1.807) is 36.4 Å². The molecule has 0 atom stereocenters. The second kappa shape index (κ2) is 7.36. The number of nitro groups is 1. The summed E-state index contributed by atoms with van der Waals surface area (Å²) in [5.74, 6) is 0.0926. The van der Waals surface area contributed by atoms with Crippen LogP contribution in [-0.4, -0.2) is 16.9 Å². The minimum Gasteiger partial charge on any atom is -0.488 e. The van der Waals surface area contributed by atoms with E-state index in [4.69, 9.17) is 4.74 Å². The first-order valence-corrected chi connectivity index (χ1v) is 8.21. The first kappa shape index (κ1) is 17.6. The maximum atomic E-state index is 11.5. The van der Waals surface area contributed by atoms with Gasteiger partial charge in [-0.25, -0.2) is 4.79 Å². The summed E-state index contributed by atoms with van der Waals surface area (Å²) in [4.78, 5) is 32.8. The molecule has 0 spiro atoms. The van der Waals surface area contributed by atoms with Crippen LogP contribution in [0.3, 0.4) is 0 Å². The number of non-ortho nitro benzene ring substituents is 1. The molecule has 8 nitrogen and oxygen atoms in total. The van der Waals surface area contributed by atoms with Crippen LogP contribution in [0.5, 0.6) is 5.75 Å². The summed E-state index contributed by atoms with van der Waals surface area (Å²) >= 11 is 3.40. The smallest absolute Gasteiger partial charge is 0.326 e. The van der Waals surface area contributed by atoms with E-state index < -0.39 is 16.9 Å². The lowest BCUT2D eigenvalue weighted by Crippen LogP contribution is -2.22. The van der Waals surface area contributed by atoms with Crippen molar-refractivity contribution in [1.29, 1.82) is 0 Å². The Balaban J connectivity index is 1.68. The van der Waals surface area contributed by atoms with Gasteiger partial charge in [-0.05, 0) is 57.4 Å². The molecule has 0 aliphatic carbocycles. The van der Waals surface area contributed by atoms with Crippen LogP contribution in [0, 0.1) is 10.1 Å². The third-order valence-electron chi connectivity index (χ3n) is 3.53. The number of nitrogens with zero attached hydrogens (tertiary/aromatic N) is 1. The SMILES string of the molecule is O=C1NC(=O)/C(=C\c2ccc(OCc3ccc([N+](=O)[O-])cc3)c(Br)c2)N1. The zero-order chi connectivity index (χ0) is 18.7. The van der Waals surface area contributed by atoms with Gasteiger partial charge in [-0.1, -0.05) is 6.07 Å². The Hall–Kier alpha value is -3.20. The Kier molecular flexibility index (Phi) is 4.99. The predicted molar refractivity (Wildman–Crippen MR) is 96.2 cm³/mol. The van der Waals surface area contributed by atoms with Crippen molar-refractivity contribution in [3.8, 4) is 5.75 Å². The monoisotopic (exact) mass is 417 g/mol. The van der Waals surface area contributed by atoms with E-state index >= 15 is 0 Å². The van der Waals surface area contributed by atoms with E-state index in [0.717, 1.165) is 5.56 Å². The molecule has 2 aromatic rings. The highest BCUT2D eigenvalue weighted by Crippen LogP contribution is 2.28. The number of nitro benzene ring substituents is 1. The van der Waals surface area contributed by atoms with Crippen LogP contribution in [0.15, 0.2) is 52.6 Å². The van der Waals surface area contributed by atoms with Crippen molar-refractivity contribution >= 4 is 39.6 Å². The van der Waals surface area contributed by atoms with Gasteiger partial charge in [-0.2, -0.15) is 0 Å². The van der Waals surface area contributed by atoms with Crippen LogP contribution in [0.2, 0.25) is 0 Å². The molecule has 1 aliphatic rings. The van der Waals surface area contributed by atoms with E-state index in [1.165, 1.54) is 12.1 Å². The fourth-order valence-corrected chi connectivity index (χ4v) is 2.76. The van der Waals surface area contributed by atoms with Gasteiger partial charge in [-0.15, -0.1) is 0 Å². The number of halogens is 1. The number of amides is 3. The largest absolute Gasteiger partial charge is 0.488 e. The van der Waals surface area contributed by atoms with E-state index in [9.17, 15) is 19.7 Å². The molecule has 26 heavy (non-hydrogen) atoms. The predicted octanol–water partition coefficient (Wildman–Crippen LogP) is 3.12. The Labute approximate surface area is 156 Å². The highest BCUT2D eigenvalue weighted by Gasteiger charge is 2.22.